The second-order valence-electron chi connectivity index (χ2n) is 4.49. The molecule has 4 nitrogen and oxygen atoms in total. The van der Waals surface area contributed by atoms with E-state index in [4.69, 9.17) is 14.2 Å². The van der Waals surface area contributed by atoms with Crippen LogP contribution in [0.1, 0.15) is 26.7 Å². The molecule has 4 heteroatoms. The zero-order valence-corrected chi connectivity index (χ0v) is 9.44. The Morgan fingerprint density at radius 3 is 2.87 bits per heavy atom. The SMILES string of the molecule is CCCCO[C@H]1CO[C@]2(C)OC[C@H](O)[C@H]12. The zero-order valence-electron chi connectivity index (χ0n) is 9.44. The number of rotatable bonds is 4. The first-order valence-corrected chi connectivity index (χ1v) is 5.75. The summed E-state index contributed by atoms with van der Waals surface area (Å²) in [7, 11) is 0. The van der Waals surface area contributed by atoms with Crippen LogP contribution in [0.15, 0.2) is 0 Å². The first-order valence-electron chi connectivity index (χ1n) is 5.75. The fourth-order valence-corrected chi connectivity index (χ4v) is 2.41. The number of unbranched alkanes of at least 4 members (excludes halogenated alkanes) is 1. The molecule has 0 aromatic heterocycles. The Balaban J connectivity index is 1.91. The number of hydrogen-bond donors (Lipinski definition) is 1. The van der Waals surface area contributed by atoms with Gasteiger partial charge in [0.2, 0.25) is 0 Å². The van der Waals surface area contributed by atoms with Crippen LogP contribution in [0.3, 0.4) is 0 Å². The zero-order chi connectivity index (χ0) is 10.9. The van der Waals surface area contributed by atoms with Crippen molar-refractivity contribution in [2.45, 2.75) is 44.7 Å². The van der Waals surface area contributed by atoms with Gasteiger partial charge in [0, 0.05) is 6.61 Å². The molecule has 2 aliphatic heterocycles. The Kier molecular flexibility index (Phi) is 3.30. The molecule has 0 unspecified atom stereocenters. The average molecular weight is 216 g/mol. The molecule has 2 aliphatic rings. The second-order valence-corrected chi connectivity index (χ2v) is 4.49. The molecular formula is C11H20O4. The van der Waals surface area contributed by atoms with Crippen LogP contribution in [0.5, 0.6) is 0 Å². The van der Waals surface area contributed by atoms with Gasteiger partial charge in [-0.2, -0.15) is 0 Å². The van der Waals surface area contributed by atoms with Gasteiger partial charge in [-0.15, -0.1) is 0 Å². The van der Waals surface area contributed by atoms with Crippen molar-refractivity contribution in [3.63, 3.8) is 0 Å². The van der Waals surface area contributed by atoms with Gasteiger partial charge in [0.25, 0.3) is 0 Å². The summed E-state index contributed by atoms with van der Waals surface area (Å²) in [5.74, 6) is -0.662. The minimum Gasteiger partial charge on any atom is -0.390 e. The van der Waals surface area contributed by atoms with Gasteiger partial charge < -0.3 is 19.3 Å². The molecule has 4 atom stereocenters. The molecule has 2 rings (SSSR count). The summed E-state index contributed by atoms with van der Waals surface area (Å²) in [6, 6.07) is 0. The minimum absolute atomic E-state index is 0.0148. The maximum Gasteiger partial charge on any atom is 0.173 e. The van der Waals surface area contributed by atoms with Crippen molar-refractivity contribution in [2.24, 2.45) is 5.92 Å². The van der Waals surface area contributed by atoms with E-state index >= 15 is 0 Å². The Bertz CT molecular complexity index is 221. The molecular weight excluding hydrogens is 196 g/mol. The van der Waals surface area contributed by atoms with Crippen molar-refractivity contribution in [2.75, 3.05) is 19.8 Å². The lowest BCUT2D eigenvalue weighted by Gasteiger charge is -2.24. The molecule has 0 radical (unpaired) electrons. The molecule has 0 bridgehead atoms. The van der Waals surface area contributed by atoms with Gasteiger partial charge in [-0.1, -0.05) is 13.3 Å². The number of hydrogen-bond acceptors (Lipinski definition) is 4. The molecule has 0 saturated carbocycles. The highest BCUT2D eigenvalue weighted by atomic mass is 16.7. The molecule has 1 N–H and O–H groups in total. The van der Waals surface area contributed by atoms with Crippen LogP contribution in [0.25, 0.3) is 0 Å². The Morgan fingerprint density at radius 2 is 2.13 bits per heavy atom. The lowest BCUT2D eigenvalue weighted by Crippen LogP contribution is -2.37. The van der Waals surface area contributed by atoms with Gasteiger partial charge in [0.15, 0.2) is 5.79 Å². The van der Waals surface area contributed by atoms with Crippen LogP contribution >= 0.6 is 0 Å². The maximum atomic E-state index is 9.81. The molecule has 0 spiro atoms. The summed E-state index contributed by atoms with van der Waals surface area (Å²) < 4.78 is 16.8. The summed E-state index contributed by atoms with van der Waals surface area (Å²) >= 11 is 0. The monoisotopic (exact) mass is 216 g/mol. The molecule has 2 fully saturated rings. The largest absolute Gasteiger partial charge is 0.390 e. The third-order valence-corrected chi connectivity index (χ3v) is 3.33. The van der Waals surface area contributed by atoms with Crippen LogP contribution < -0.4 is 0 Å². The van der Waals surface area contributed by atoms with Crippen LogP contribution in [-0.4, -0.2) is 42.9 Å². The third-order valence-electron chi connectivity index (χ3n) is 3.33. The highest BCUT2D eigenvalue weighted by Gasteiger charge is 2.56. The fraction of sp³-hybridized carbons (Fsp3) is 1.00. The van der Waals surface area contributed by atoms with E-state index in [-0.39, 0.29) is 12.0 Å². The van der Waals surface area contributed by atoms with Crippen molar-refractivity contribution in [1.29, 1.82) is 0 Å². The van der Waals surface area contributed by atoms with Gasteiger partial charge in [-0.05, 0) is 13.3 Å². The first-order chi connectivity index (χ1) is 7.17. The molecule has 0 aliphatic carbocycles. The molecule has 0 aromatic carbocycles. The molecule has 15 heavy (non-hydrogen) atoms. The quantitative estimate of drug-likeness (QED) is 0.710. The summed E-state index contributed by atoms with van der Waals surface area (Å²) in [5.41, 5.74) is 0. The number of ether oxygens (including phenoxy) is 3. The van der Waals surface area contributed by atoms with Gasteiger partial charge in [0.05, 0.1) is 31.3 Å². The molecule has 2 saturated heterocycles. The standard InChI is InChI=1S/C11H20O4/c1-3-4-5-13-9-7-15-11(2)10(9)8(12)6-14-11/h8-10,12H,3-7H2,1-2H3/t8-,9-,10+,11-/m0/s1. The van der Waals surface area contributed by atoms with E-state index in [0.717, 1.165) is 19.4 Å². The lowest BCUT2D eigenvalue weighted by atomic mass is 9.94. The Hall–Kier alpha value is -0.160. The van der Waals surface area contributed by atoms with Gasteiger partial charge in [-0.25, -0.2) is 0 Å². The molecule has 2 heterocycles. The topological polar surface area (TPSA) is 47.9 Å². The van der Waals surface area contributed by atoms with Crippen LogP contribution in [0.4, 0.5) is 0 Å². The van der Waals surface area contributed by atoms with E-state index in [2.05, 4.69) is 6.92 Å². The Labute approximate surface area is 90.5 Å². The van der Waals surface area contributed by atoms with E-state index in [1.165, 1.54) is 0 Å². The third kappa shape index (κ3) is 2.04. The number of fused-ring (bicyclic) bond motifs is 1. The van der Waals surface area contributed by atoms with Crippen LogP contribution in [-0.2, 0) is 14.2 Å². The predicted octanol–water partition coefficient (Wildman–Crippen LogP) is 0.925. The predicted molar refractivity (Wildman–Crippen MR) is 54.5 cm³/mol. The van der Waals surface area contributed by atoms with Crippen LogP contribution in [0.2, 0.25) is 0 Å². The number of aliphatic hydroxyl groups excluding tert-OH is 1. The molecule has 88 valence electrons. The first kappa shape index (κ1) is 11.3. The van der Waals surface area contributed by atoms with Crippen molar-refractivity contribution >= 4 is 0 Å². The Morgan fingerprint density at radius 1 is 1.40 bits per heavy atom. The van der Waals surface area contributed by atoms with E-state index in [1.807, 2.05) is 6.92 Å². The number of aliphatic hydroxyl groups is 1. The van der Waals surface area contributed by atoms with Crippen molar-refractivity contribution in [3.8, 4) is 0 Å². The van der Waals surface area contributed by atoms with Gasteiger partial charge in [0.1, 0.15) is 0 Å². The lowest BCUT2D eigenvalue weighted by molar-refractivity contribution is -0.181. The van der Waals surface area contributed by atoms with Crippen LogP contribution in [0, 0.1) is 5.92 Å². The molecule has 0 amide bonds. The van der Waals surface area contributed by atoms with E-state index in [9.17, 15) is 5.11 Å². The normalized spacial score (nSPS) is 44.6. The maximum absolute atomic E-state index is 9.81. The summed E-state index contributed by atoms with van der Waals surface area (Å²) in [4.78, 5) is 0. The van der Waals surface area contributed by atoms with Crippen molar-refractivity contribution in [1.82, 2.24) is 0 Å². The average Bonchev–Trinajstić information content (AvgIpc) is 2.67. The van der Waals surface area contributed by atoms with Gasteiger partial charge >= 0.3 is 0 Å². The smallest absolute Gasteiger partial charge is 0.173 e. The fourth-order valence-electron chi connectivity index (χ4n) is 2.41. The second kappa shape index (κ2) is 4.37. The summed E-state index contributed by atoms with van der Waals surface area (Å²) in [6.45, 7) is 5.64. The van der Waals surface area contributed by atoms with E-state index in [0.29, 0.717) is 13.2 Å². The van der Waals surface area contributed by atoms with Crippen molar-refractivity contribution in [3.05, 3.63) is 0 Å². The van der Waals surface area contributed by atoms with Crippen molar-refractivity contribution < 1.29 is 19.3 Å². The van der Waals surface area contributed by atoms with E-state index < -0.39 is 11.9 Å². The van der Waals surface area contributed by atoms with E-state index in [1.54, 1.807) is 0 Å². The highest BCUT2D eigenvalue weighted by Crippen LogP contribution is 2.42. The summed E-state index contributed by atoms with van der Waals surface area (Å²) in [5, 5.41) is 9.81. The summed E-state index contributed by atoms with van der Waals surface area (Å²) in [6.07, 6.45) is 1.70. The van der Waals surface area contributed by atoms with Gasteiger partial charge in [-0.3, -0.25) is 0 Å². The molecule has 0 aromatic rings. The minimum atomic E-state index is -0.629. The highest BCUT2D eigenvalue weighted by molar-refractivity contribution is 4.97.